The number of carbonyl (C=O) groups excluding carboxylic acids is 1. The van der Waals surface area contributed by atoms with Crippen LogP contribution >= 0.6 is 0 Å². The Morgan fingerprint density at radius 1 is 1.18 bits per heavy atom. The van der Waals surface area contributed by atoms with Gasteiger partial charge in [0.1, 0.15) is 29.4 Å². The van der Waals surface area contributed by atoms with Crippen molar-refractivity contribution in [3.63, 3.8) is 0 Å². The van der Waals surface area contributed by atoms with Crippen molar-refractivity contribution < 1.29 is 32.2 Å². The molecule has 0 saturated heterocycles. The van der Waals surface area contributed by atoms with Crippen LogP contribution in [0.4, 0.5) is 18.9 Å². The second kappa shape index (κ2) is 7.93. The van der Waals surface area contributed by atoms with Crippen LogP contribution in [0, 0.1) is 5.41 Å². The number of benzene rings is 1. The van der Waals surface area contributed by atoms with Crippen LogP contribution in [0.5, 0.6) is 5.75 Å². The molecule has 3 heterocycles. The minimum Gasteiger partial charge on any atom is -0.493 e. The van der Waals surface area contributed by atoms with Gasteiger partial charge in [-0.25, -0.2) is 9.98 Å². The Bertz CT molecular complexity index is 1180. The van der Waals surface area contributed by atoms with E-state index in [1.54, 1.807) is 18.2 Å². The molecule has 1 unspecified atom stereocenters. The zero-order valence-corrected chi connectivity index (χ0v) is 17.9. The molecular weight excluding hydrogens is 453 g/mol. The minimum absolute atomic E-state index is 0.00808. The molecule has 1 aromatic carbocycles. The Morgan fingerprint density at radius 2 is 1.97 bits per heavy atom. The molecule has 1 aliphatic carbocycles. The van der Waals surface area contributed by atoms with Crippen molar-refractivity contribution in [2.45, 2.75) is 24.6 Å². The standard InChI is InChI=1S/C23H21F3N4O4/c24-23(25,26)13-32-15-3-1-2-4-17(28-10-15)19(31)29-14-5-6-18-16(9-14)22(12-34-20(27)30-22)21(7-8-21)11-33-18/h1-6,9-10H,7-8,11-13H2,(H2,27,30)(H,29,31)/b2-1+,3-1?,4-2?,15-3-,15-10?,17-4?,28-10?,28-17?. The highest BCUT2D eigenvalue weighted by Gasteiger charge is 2.66. The molecule has 2 spiro atoms. The molecule has 178 valence electrons. The number of alkyl halides is 3. The van der Waals surface area contributed by atoms with Gasteiger partial charge in [0.05, 0.1) is 12.8 Å². The lowest BCUT2D eigenvalue weighted by Crippen LogP contribution is -2.44. The summed E-state index contributed by atoms with van der Waals surface area (Å²) >= 11 is 0. The molecule has 3 aliphatic heterocycles. The fourth-order valence-corrected chi connectivity index (χ4v) is 4.32. The minimum atomic E-state index is -4.48. The summed E-state index contributed by atoms with van der Waals surface area (Å²) in [5.74, 6) is -0.0120. The lowest BCUT2D eigenvalue weighted by molar-refractivity contribution is -0.163. The third kappa shape index (κ3) is 4.02. The van der Waals surface area contributed by atoms with Crippen molar-refractivity contribution in [3.05, 3.63) is 59.5 Å². The Balaban J connectivity index is 1.35. The van der Waals surface area contributed by atoms with Gasteiger partial charge < -0.3 is 25.3 Å². The first-order valence-corrected chi connectivity index (χ1v) is 10.6. The third-order valence-electron chi connectivity index (χ3n) is 6.24. The lowest BCUT2D eigenvalue weighted by atomic mass is 9.74. The van der Waals surface area contributed by atoms with Gasteiger partial charge in [-0.2, -0.15) is 13.2 Å². The van der Waals surface area contributed by atoms with Gasteiger partial charge in [0.25, 0.3) is 11.9 Å². The summed E-state index contributed by atoms with van der Waals surface area (Å²) < 4.78 is 53.5. The highest BCUT2D eigenvalue weighted by atomic mass is 19.4. The van der Waals surface area contributed by atoms with Crippen LogP contribution in [-0.2, 0) is 19.8 Å². The topological polar surface area (TPSA) is 108 Å². The largest absolute Gasteiger partial charge is 0.493 e. The van der Waals surface area contributed by atoms with Crippen LogP contribution in [0.1, 0.15) is 18.4 Å². The van der Waals surface area contributed by atoms with Gasteiger partial charge in [0.15, 0.2) is 6.61 Å². The predicted molar refractivity (Wildman–Crippen MR) is 117 cm³/mol. The fraction of sp³-hybridized carbons (Fsp3) is 0.348. The maximum Gasteiger partial charge on any atom is 0.422 e. The van der Waals surface area contributed by atoms with Gasteiger partial charge >= 0.3 is 6.18 Å². The predicted octanol–water partition coefficient (Wildman–Crippen LogP) is 3.33. The number of hydrogen-bond acceptors (Lipinski definition) is 7. The van der Waals surface area contributed by atoms with E-state index in [0.29, 0.717) is 24.7 Å². The number of nitrogens with two attached hydrogens (primary N) is 1. The molecule has 0 bridgehead atoms. The monoisotopic (exact) mass is 474 g/mol. The summed E-state index contributed by atoms with van der Waals surface area (Å²) in [7, 11) is 0. The molecule has 11 heteroatoms. The number of allylic oxidation sites excluding steroid dienone is 5. The first kappa shape index (κ1) is 22.1. The number of halogens is 3. The van der Waals surface area contributed by atoms with E-state index in [4.69, 9.17) is 19.9 Å². The summed E-state index contributed by atoms with van der Waals surface area (Å²) in [6.07, 6.45) is 4.17. The summed E-state index contributed by atoms with van der Waals surface area (Å²) in [6, 6.07) is 5.37. The van der Waals surface area contributed by atoms with E-state index in [0.717, 1.165) is 24.6 Å². The maximum absolute atomic E-state index is 12.9. The number of anilines is 1. The van der Waals surface area contributed by atoms with Gasteiger partial charge in [-0.1, -0.05) is 12.2 Å². The lowest BCUT2D eigenvalue weighted by Gasteiger charge is -2.39. The first-order valence-electron chi connectivity index (χ1n) is 10.6. The van der Waals surface area contributed by atoms with Gasteiger partial charge in [-0.15, -0.1) is 0 Å². The van der Waals surface area contributed by atoms with E-state index in [2.05, 4.69) is 15.3 Å². The van der Waals surface area contributed by atoms with E-state index in [-0.39, 0.29) is 22.9 Å². The number of nitrogens with one attached hydrogen (secondary N) is 1. The number of aliphatic imine (C=N–C) groups is 2. The van der Waals surface area contributed by atoms with Gasteiger partial charge in [-0.3, -0.25) is 4.79 Å². The van der Waals surface area contributed by atoms with E-state index >= 15 is 0 Å². The Labute approximate surface area is 192 Å². The Kier molecular flexibility index (Phi) is 5.14. The molecule has 34 heavy (non-hydrogen) atoms. The highest BCUT2D eigenvalue weighted by molar-refractivity contribution is 6.05. The second-order valence-electron chi connectivity index (χ2n) is 8.50. The molecular formula is C23H21F3N4O4. The van der Waals surface area contributed by atoms with Crippen LogP contribution in [0.15, 0.2) is 63.9 Å². The van der Waals surface area contributed by atoms with Gasteiger partial charge in [0, 0.05) is 16.7 Å². The molecule has 4 aliphatic rings. The van der Waals surface area contributed by atoms with Crippen LogP contribution < -0.4 is 15.8 Å². The van der Waals surface area contributed by atoms with Crippen molar-refractivity contribution in [2.75, 3.05) is 25.1 Å². The normalized spacial score (nSPS) is 26.6. The number of amidine groups is 1. The van der Waals surface area contributed by atoms with Crippen LogP contribution in [0.3, 0.4) is 0 Å². The number of nitrogens with zero attached hydrogens (tertiary/aromatic N) is 2. The van der Waals surface area contributed by atoms with Crippen LogP contribution in [0.25, 0.3) is 0 Å². The van der Waals surface area contributed by atoms with E-state index in [9.17, 15) is 18.0 Å². The molecule has 1 fully saturated rings. The maximum atomic E-state index is 12.9. The van der Waals surface area contributed by atoms with E-state index in [1.165, 1.54) is 24.3 Å². The van der Waals surface area contributed by atoms with Crippen molar-refractivity contribution in [3.8, 4) is 5.75 Å². The molecule has 1 aromatic rings. The SMILES string of the molecule is NC1=NC2(CO1)c1cc(NC(=O)C3=C/C=C/C=C(\OCC(F)(F)F)C=N3)ccc1OCC21CC1. The Hall–Kier alpha value is -3.76. The highest BCUT2D eigenvalue weighted by Crippen LogP contribution is 2.65. The van der Waals surface area contributed by atoms with Gasteiger partial charge in [0.2, 0.25) is 0 Å². The zero-order chi connectivity index (χ0) is 24.0. The van der Waals surface area contributed by atoms with Crippen LogP contribution in [-0.4, -0.2) is 44.1 Å². The van der Waals surface area contributed by atoms with Crippen LogP contribution in [0.2, 0.25) is 0 Å². The number of hydrogen-bond donors (Lipinski definition) is 2. The molecule has 0 radical (unpaired) electrons. The molecule has 1 saturated carbocycles. The Morgan fingerprint density at radius 3 is 2.68 bits per heavy atom. The van der Waals surface area contributed by atoms with Crippen molar-refractivity contribution >= 4 is 23.8 Å². The molecule has 1 amide bonds. The molecule has 8 nitrogen and oxygen atoms in total. The summed E-state index contributed by atoms with van der Waals surface area (Å²) in [5, 5.41) is 2.78. The number of rotatable bonds is 4. The fourth-order valence-electron chi connectivity index (χ4n) is 4.32. The van der Waals surface area contributed by atoms with E-state index in [1.807, 2.05) is 0 Å². The average molecular weight is 474 g/mol. The molecule has 3 N–H and O–H groups in total. The first-order chi connectivity index (χ1) is 16.2. The van der Waals surface area contributed by atoms with E-state index < -0.39 is 24.2 Å². The number of carbonyl (C=O) groups is 1. The van der Waals surface area contributed by atoms with Crippen molar-refractivity contribution in [1.82, 2.24) is 0 Å². The molecule has 1 atom stereocenters. The quantitative estimate of drug-likeness (QED) is 0.696. The second-order valence-corrected chi connectivity index (χ2v) is 8.50. The number of fused-ring (bicyclic) bond motifs is 3. The number of amides is 1. The van der Waals surface area contributed by atoms with Crippen molar-refractivity contribution in [2.24, 2.45) is 21.1 Å². The average Bonchev–Trinajstić information content (AvgIpc) is 3.45. The summed E-state index contributed by atoms with van der Waals surface area (Å²) in [4.78, 5) is 21.5. The van der Waals surface area contributed by atoms with Crippen molar-refractivity contribution in [1.29, 1.82) is 0 Å². The molecule has 5 rings (SSSR count). The summed E-state index contributed by atoms with van der Waals surface area (Å²) in [6.45, 7) is -0.632. The number of ether oxygens (including phenoxy) is 3. The summed E-state index contributed by atoms with van der Waals surface area (Å²) in [5.41, 5.74) is 6.27. The van der Waals surface area contributed by atoms with Gasteiger partial charge in [-0.05, 0) is 43.2 Å². The third-order valence-corrected chi connectivity index (χ3v) is 6.24. The smallest absolute Gasteiger partial charge is 0.422 e. The molecule has 0 aromatic heterocycles. The zero-order valence-electron chi connectivity index (χ0n) is 17.9.